The molecular formula is C16H19BrN4O. The van der Waals surface area contributed by atoms with Gasteiger partial charge in [-0.15, -0.1) is 0 Å². The summed E-state index contributed by atoms with van der Waals surface area (Å²) in [6, 6.07) is 7.61. The van der Waals surface area contributed by atoms with Gasteiger partial charge >= 0.3 is 0 Å². The van der Waals surface area contributed by atoms with Gasteiger partial charge in [-0.3, -0.25) is 4.79 Å². The van der Waals surface area contributed by atoms with Gasteiger partial charge in [-0.1, -0.05) is 22.9 Å². The number of aromatic nitrogens is 2. The lowest BCUT2D eigenvalue weighted by atomic mass is 10.2. The van der Waals surface area contributed by atoms with Crippen LogP contribution in [0.15, 0.2) is 34.9 Å². The second-order valence-corrected chi connectivity index (χ2v) is 6.05. The summed E-state index contributed by atoms with van der Waals surface area (Å²) in [6.45, 7) is 5.98. The van der Waals surface area contributed by atoms with Crippen molar-refractivity contribution in [3.8, 4) is 0 Å². The Bertz CT molecular complexity index is 675. The van der Waals surface area contributed by atoms with Crippen molar-refractivity contribution < 1.29 is 4.79 Å². The maximum Gasteiger partial charge on any atom is 0.270 e. The fourth-order valence-corrected chi connectivity index (χ4v) is 2.31. The van der Waals surface area contributed by atoms with Crippen molar-refractivity contribution in [3.63, 3.8) is 0 Å². The topological polar surface area (TPSA) is 66.9 Å². The number of carbonyl (C=O) groups excluding carboxylic acids is 1. The average Bonchev–Trinajstić information content (AvgIpc) is 2.50. The maximum atomic E-state index is 12.1. The number of halogens is 1. The summed E-state index contributed by atoms with van der Waals surface area (Å²) in [5, 5.41) is 6.03. The van der Waals surface area contributed by atoms with E-state index < -0.39 is 0 Å². The van der Waals surface area contributed by atoms with Gasteiger partial charge in [0.1, 0.15) is 5.69 Å². The number of rotatable bonds is 5. The Balaban J connectivity index is 2.16. The van der Waals surface area contributed by atoms with E-state index in [2.05, 4.69) is 36.5 Å². The van der Waals surface area contributed by atoms with E-state index in [1.807, 2.05) is 39.0 Å². The fourth-order valence-electron chi connectivity index (χ4n) is 1.83. The lowest BCUT2D eigenvalue weighted by Crippen LogP contribution is -2.32. The number of carbonyl (C=O) groups is 1. The van der Waals surface area contributed by atoms with E-state index in [1.165, 1.54) is 0 Å². The van der Waals surface area contributed by atoms with Crippen LogP contribution in [0.25, 0.3) is 0 Å². The number of hydrogen-bond acceptors (Lipinski definition) is 4. The number of benzene rings is 1. The first kappa shape index (κ1) is 16.4. The van der Waals surface area contributed by atoms with Gasteiger partial charge in [0.2, 0.25) is 5.95 Å². The van der Waals surface area contributed by atoms with Gasteiger partial charge < -0.3 is 10.6 Å². The maximum absolute atomic E-state index is 12.1. The zero-order valence-corrected chi connectivity index (χ0v) is 14.4. The van der Waals surface area contributed by atoms with Crippen LogP contribution >= 0.6 is 15.9 Å². The van der Waals surface area contributed by atoms with Crippen LogP contribution in [0.5, 0.6) is 0 Å². The lowest BCUT2D eigenvalue weighted by molar-refractivity contribution is 0.0934. The molecule has 0 aliphatic rings. The summed E-state index contributed by atoms with van der Waals surface area (Å²) < 4.78 is 1.01. The standard InChI is InChI=1S/C16H19BrN4O/c1-4-11(3)19-15(22)14-7-8-18-16(21-14)20-13-6-5-12(17)9-10(13)2/h5-9,11H,4H2,1-3H3,(H,19,22)(H,18,20,21). The van der Waals surface area contributed by atoms with Crippen LogP contribution < -0.4 is 10.6 Å². The third-order valence-electron chi connectivity index (χ3n) is 3.31. The Hall–Kier alpha value is -1.95. The van der Waals surface area contributed by atoms with E-state index in [4.69, 9.17) is 0 Å². The second kappa shape index (κ2) is 7.35. The van der Waals surface area contributed by atoms with Gasteiger partial charge in [-0.05, 0) is 50.1 Å². The zero-order chi connectivity index (χ0) is 16.1. The van der Waals surface area contributed by atoms with E-state index >= 15 is 0 Å². The molecule has 2 rings (SSSR count). The summed E-state index contributed by atoms with van der Waals surface area (Å²) in [7, 11) is 0. The highest BCUT2D eigenvalue weighted by Gasteiger charge is 2.11. The van der Waals surface area contributed by atoms with Crippen molar-refractivity contribution in [1.82, 2.24) is 15.3 Å². The quantitative estimate of drug-likeness (QED) is 0.848. The highest BCUT2D eigenvalue weighted by Crippen LogP contribution is 2.22. The van der Waals surface area contributed by atoms with E-state index in [9.17, 15) is 4.79 Å². The summed E-state index contributed by atoms with van der Waals surface area (Å²) in [5.74, 6) is 0.217. The summed E-state index contributed by atoms with van der Waals surface area (Å²) >= 11 is 3.43. The molecule has 0 spiro atoms. The Labute approximate surface area is 138 Å². The van der Waals surface area contributed by atoms with E-state index in [-0.39, 0.29) is 11.9 Å². The zero-order valence-electron chi connectivity index (χ0n) is 12.9. The van der Waals surface area contributed by atoms with Crippen molar-refractivity contribution in [2.24, 2.45) is 0 Å². The first-order valence-electron chi connectivity index (χ1n) is 7.16. The molecular weight excluding hydrogens is 344 g/mol. The summed E-state index contributed by atoms with van der Waals surface area (Å²) in [4.78, 5) is 20.5. The molecule has 1 aromatic heterocycles. The minimum absolute atomic E-state index is 0.118. The molecule has 0 fully saturated rings. The molecule has 0 saturated carbocycles. The molecule has 1 heterocycles. The molecule has 2 N–H and O–H groups in total. The molecule has 1 aromatic carbocycles. The third kappa shape index (κ3) is 4.27. The molecule has 0 saturated heterocycles. The smallest absolute Gasteiger partial charge is 0.270 e. The van der Waals surface area contributed by atoms with Gasteiger partial charge in [-0.25, -0.2) is 9.97 Å². The Morgan fingerprint density at radius 1 is 1.36 bits per heavy atom. The van der Waals surface area contributed by atoms with Crippen LogP contribution in [0.3, 0.4) is 0 Å². The predicted octanol–water partition coefficient (Wildman–Crippen LogP) is 3.82. The van der Waals surface area contributed by atoms with Crippen LogP contribution in [-0.2, 0) is 0 Å². The molecule has 6 heteroatoms. The minimum Gasteiger partial charge on any atom is -0.348 e. The first-order chi connectivity index (χ1) is 10.5. The molecule has 2 aromatic rings. The van der Waals surface area contributed by atoms with E-state index in [0.717, 1.165) is 22.1 Å². The average molecular weight is 363 g/mol. The fraction of sp³-hybridized carbons (Fsp3) is 0.312. The van der Waals surface area contributed by atoms with Crippen LogP contribution in [0.1, 0.15) is 36.3 Å². The highest BCUT2D eigenvalue weighted by molar-refractivity contribution is 9.10. The molecule has 1 atom stereocenters. The molecule has 116 valence electrons. The number of amides is 1. The van der Waals surface area contributed by atoms with Gasteiger partial charge in [-0.2, -0.15) is 0 Å². The third-order valence-corrected chi connectivity index (χ3v) is 3.81. The second-order valence-electron chi connectivity index (χ2n) is 5.13. The molecule has 0 aliphatic carbocycles. The van der Waals surface area contributed by atoms with Crippen LogP contribution in [0.4, 0.5) is 11.6 Å². The molecule has 5 nitrogen and oxygen atoms in total. The number of aryl methyl sites for hydroxylation is 1. The molecule has 0 aliphatic heterocycles. The van der Waals surface area contributed by atoms with E-state index in [0.29, 0.717) is 11.6 Å². The SMILES string of the molecule is CCC(C)NC(=O)c1ccnc(Nc2ccc(Br)cc2C)n1. The molecule has 1 amide bonds. The van der Waals surface area contributed by atoms with Crippen LogP contribution in [-0.4, -0.2) is 21.9 Å². The van der Waals surface area contributed by atoms with Crippen molar-refractivity contribution in [1.29, 1.82) is 0 Å². The van der Waals surface area contributed by atoms with Gasteiger partial charge in [0.25, 0.3) is 5.91 Å². The van der Waals surface area contributed by atoms with Gasteiger partial charge in [0.15, 0.2) is 0 Å². The largest absolute Gasteiger partial charge is 0.348 e. The van der Waals surface area contributed by atoms with Crippen molar-refractivity contribution >= 4 is 33.5 Å². The predicted molar refractivity (Wildman–Crippen MR) is 91.4 cm³/mol. The Morgan fingerprint density at radius 2 is 2.14 bits per heavy atom. The normalized spacial score (nSPS) is 11.8. The van der Waals surface area contributed by atoms with Crippen molar-refractivity contribution in [2.75, 3.05) is 5.32 Å². The number of hydrogen-bond donors (Lipinski definition) is 2. The highest BCUT2D eigenvalue weighted by atomic mass is 79.9. The lowest BCUT2D eigenvalue weighted by Gasteiger charge is -2.12. The molecule has 0 radical (unpaired) electrons. The number of nitrogens with one attached hydrogen (secondary N) is 2. The minimum atomic E-state index is -0.188. The van der Waals surface area contributed by atoms with E-state index in [1.54, 1.807) is 12.3 Å². The monoisotopic (exact) mass is 362 g/mol. The van der Waals surface area contributed by atoms with Gasteiger partial charge in [0.05, 0.1) is 0 Å². The Morgan fingerprint density at radius 3 is 2.82 bits per heavy atom. The van der Waals surface area contributed by atoms with Crippen LogP contribution in [0, 0.1) is 6.92 Å². The van der Waals surface area contributed by atoms with Crippen LogP contribution in [0.2, 0.25) is 0 Å². The van der Waals surface area contributed by atoms with Gasteiger partial charge in [0, 0.05) is 22.4 Å². The molecule has 0 bridgehead atoms. The Kier molecular flexibility index (Phi) is 5.49. The molecule has 1 unspecified atom stereocenters. The molecule has 22 heavy (non-hydrogen) atoms. The van der Waals surface area contributed by atoms with Crippen molar-refractivity contribution in [2.45, 2.75) is 33.2 Å². The number of nitrogens with zero attached hydrogens (tertiary/aromatic N) is 2. The first-order valence-corrected chi connectivity index (χ1v) is 7.96. The summed E-state index contributed by atoms with van der Waals surface area (Å²) in [6.07, 6.45) is 2.45. The summed E-state index contributed by atoms with van der Waals surface area (Å²) in [5.41, 5.74) is 2.32. The number of anilines is 2. The van der Waals surface area contributed by atoms with Crippen molar-refractivity contribution in [3.05, 3.63) is 46.2 Å².